The van der Waals surface area contributed by atoms with Crippen molar-refractivity contribution < 1.29 is 27.9 Å². The number of nitrogens with zero attached hydrogens (tertiary/aromatic N) is 5. The number of carboxylic acids is 1. The van der Waals surface area contributed by atoms with Crippen LogP contribution in [0.15, 0.2) is 24.5 Å². The Hall–Kier alpha value is -2.98. The Morgan fingerprint density at radius 1 is 1.33 bits per heavy atom. The summed E-state index contributed by atoms with van der Waals surface area (Å²) in [5.74, 6) is -1.85. The van der Waals surface area contributed by atoms with Crippen molar-refractivity contribution in [1.82, 2.24) is 24.9 Å². The minimum Gasteiger partial charge on any atom is -0.480 e. The number of aromatic nitrogens is 4. The molecule has 8 nitrogen and oxygen atoms in total. The maximum absolute atomic E-state index is 12.5. The number of pyridine rings is 1. The van der Waals surface area contributed by atoms with Gasteiger partial charge in [-0.2, -0.15) is 13.2 Å². The van der Waals surface area contributed by atoms with E-state index in [0.29, 0.717) is 6.20 Å². The molecule has 24 heavy (non-hydrogen) atoms. The first-order valence-electron chi connectivity index (χ1n) is 6.57. The molecule has 0 radical (unpaired) electrons. The average molecular weight is 343 g/mol. The van der Waals surface area contributed by atoms with Crippen molar-refractivity contribution >= 4 is 11.9 Å². The second kappa shape index (κ2) is 6.26. The molecule has 128 valence electrons. The van der Waals surface area contributed by atoms with Gasteiger partial charge in [0, 0.05) is 13.2 Å². The van der Waals surface area contributed by atoms with Crippen LogP contribution in [0.5, 0.6) is 0 Å². The van der Waals surface area contributed by atoms with E-state index in [9.17, 15) is 22.8 Å². The number of halogens is 3. The van der Waals surface area contributed by atoms with Gasteiger partial charge in [-0.05, 0) is 19.1 Å². The van der Waals surface area contributed by atoms with E-state index in [1.807, 2.05) is 0 Å². The Balaban J connectivity index is 2.21. The molecule has 0 saturated heterocycles. The van der Waals surface area contributed by atoms with E-state index in [1.54, 1.807) is 0 Å². The fourth-order valence-electron chi connectivity index (χ4n) is 1.69. The van der Waals surface area contributed by atoms with Crippen molar-refractivity contribution in [2.75, 3.05) is 7.05 Å². The van der Waals surface area contributed by atoms with Gasteiger partial charge >= 0.3 is 12.1 Å². The van der Waals surface area contributed by atoms with Crippen molar-refractivity contribution in [1.29, 1.82) is 0 Å². The Morgan fingerprint density at radius 3 is 2.50 bits per heavy atom. The van der Waals surface area contributed by atoms with Gasteiger partial charge in [-0.3, -0.25) is 4.79 Å². The van der Waals surface area contributed by atoms with Crippen molar-refractivity contribution in [2.45, 2.75) is 19.1 Å². The molecule has 2 heterocycles. The fourth-order valence-corrected chi connectivity index (χ4v) is 1.69. The van der Waals surface area contributed by atoms with E-state index >= 15 is 0 Å². The first-order chi connectivity index (χ1) is 11.1. The Morgan fingerprint density at radius 2 is 2.00 bits per heavy atom. The third kappa shape index (κ3) is 3.50. The summed E-state index contributed by atoms with van der Waals surface area (Å²) in [4.78, 5) is 27.6. The average Bonchev–Trinajstić information content (AvgIpc) is 3.01. The van der Waals surface area contributed by atoms with Crippen LogP contribution in [0.1, 0.15) is 23.0 Å². The molecule has 0 spiro atoms. The summed E-state index contributed by atoms with van der Waals surface area (Å²) in [6.07, 6.45) is -2.72. The normalized spacial score (nSPS) is 12.7. The minimum atomic E-state index is -4.51. The lowest BCUT2D eigenvalue weighted by Crippen LogP contribution is -2.40. The summed E-state index contributed by atoms with van der Waals surface area (Å²) in [6, 6.07) is 0.825. The van der Waals surface area contributed by atoms with Gasteiger partial charge in [-0.25, -0.2) is 14.5 Å². The summed E-state index contributed by atoms with van der Waals surface area (Å²) < 4.78 is 38.5. The van der Waals surface area contributed by atoms with Gasteiger partial charge in [0.15, 0.2) is 11.5 Å². The monoisotopic (exact) mass is 343 g/mol. The Bertz CT molecular complexity index is 757. The molecule has 11 heteroatoms. The molecule has 2 aromatic rings. The summed E-state index contributed by atoms with van der Waals surface area (Å²) in [5, 5.41) is 16.1. The van der Waals surface area contributed by atoms with E-state index in [-0.39, 0.29) is 11.5 Å². The first-order valence-corrected chi connectivity index (χ1v) is 6.57. The van der Waals surface area contributed by atoms with E-state index < -0.39 is 29.7 Å². The van der Waals surface area contributed by atoms with Gasteiger partial charge in [-0.1, -0.05) is 5.21 Å². The highest BCUT2D eigenvalue weighted by Crippen LogP contribution is 2.28. The van der Waals surface area contributed by atoms with Crippen molar-refractivity contribution in [3.05, 3.63) is 35.8 Å². The molecule has 0 fully saturated rings. The Labute approximate surface area is 133 Å². The van der Waals surface area contributed by atoms with Gasteiger partial charge < -0.3 is 10.0 Å². The fraction of sp³-hybridized carbons (Fsp3) is 0.308. The molecular weight excluding hydrogens is 331 g/mol. The van der Waals surface area contributed by atoms with Gasteiger partial charge in [0.1, 0.15) is 6.04 Å². The standard InChI is InChI=1S/C13H12F3N5O3/c1-7(12(23)24)20(2)11(22)9-6-21(19-18-9)10-4-3-8(5-17-10)13(14,15)16/h3-7H,1-2H3,(H,23,24). The van der Waals surface area contributed by atoms with Crippen LogP contribution in [0.4, 0.5) is 13.2 Å². The van der Waals surface area contributed by atoms with Crippen LogP contribution in [0.3, 0.4) is 0 Å². The zero-order valence-corrected chi connectivity index (χ0v) is 12.5. The van der Waals surface area contributed by atoms with E-state index in [0.717, 1.165) is 27.9 Å². The Kier molecular flexibility index (Phi) is 4.53. The van der Waals surface area contributed by atoms with Gasteiger partial charge in [0.25, 0.3) is 5.91 Å². The highest BCUT2D eigenvalue weighted by atomic mass is 19.4. The van der Waals surface area contributed by atoms with Gasteiger partial charge in [0.2, 0.25) is 0 Å². The summed E-state index contributed by atoms with van der Waals surface area (Å²) in [7, 11) is 1.29. The van der Waals surface area contributed by atoms with E-state index in [2.05, 4.69) is 15.3 Å². The molecule has 1 amide bonds. The summed E-state index contributed by atoms with van der Waals surface area (Å²) in [5.41, 5.74) is -1.08. The number of carboxylic acid groups (broad SMARTS) is 1. The van der Waals surface area contributed by atoms with Crippen LogP contribution in [0.25, 0.3) is 5.82 Å². The molecule has 2 rings (SSSR count). The predicted octanol–water partition coefficient (Wildman–Crippen LogP) is 1.23. The molecule has 0 aliphatic heterocycles. The van der Waals surface area contributed by atoms with Crippen LogP contribution < -0.4 is 0 Å². The molecule has 0 aliphatic carbocycles. The lowest BCUT2D eigenvalue weighted by atomic mass is 10.2. The molecule has 1 atom stereocenters. The van der Waals surface area contributed by atoms with E-state index in [4.69, 9.17) is 5.11 Å². The van der Waals surface area contributed by atoms with Crippen molar-refractivity contribution in [3.8, 4) is 5.82 Å². The molecule has 1 N–H and O–H groups in total. The highest BCUT2D eigenvalue weighted by Gasteiger charge is 2.31. The van der Waals surface area contributed by atoms with Crippen molar-refractivity contribution in [3.63, 3.8) is 0 Å². The molecular formula is C13H12F3N5O3. The maximum atomic E-state index is 12.5. The maximum Gasteiger partial charge on any atom is 0.417 e. The number of likely N-dealkylation sites (N-methyl/N-ethyl adjacent to an activating group) is 1. The zero-order valence-electron chi connectivity index (χ0n) is 12.5. The largest absolute Gasteiger partial charge is 0.480 e. The lowest BCUT2D eigenvalue weighted by Gasteiger charge is -2.19. The quantitative estimate of drug-likeness (QED) is 0.896. The number of carbonyl (C=O) groups excluding carboxylic acids is 1. The van der Waals surface area contributed by atoms with Crippen LogP contribution in [-0.4, -0.2) is 55.0 Å². The lowest BCUT2D eigenvalue weighted by molar-refractivity contribution is -0.141. The first kappa shape index (κ1) is 17.4. The van der Waals surface area contributed by atoms with Crippen LogP contribution >= 0.6 is 0 Å². The second-order valence-corrected chi connectivity index (χ2v) is 4.88. The third-order valence-electron chi connectivity index (χ3n) is 3.28. The highest BCUT2D eigenvalue weighted by molar-refractivity contribution is 5.94. The number of carbonyl (C=O) groups is 2. The molecule has 0 saturated carbocycles. The second-order valence-electron chi connectivity index (χ2n) is 4.88. The van der Waals surface area contributed by atoms with E-state index in [1.165, 1.54) is 14.0 Å². The molecule has 0 bridgehead atoms. The smallest absolute Gasteiger partial charge is 0.417 e. The van der Waals surface area contributed by atoms with Crippen LogP contribution in [-0.2, 0) is 11.0 Å². The number of hydrogen-bond donors (Lipinski definition) is 1. The predicted molar refractivity (Wildman–Crippen MR) is 73.3 cm³/mol. The summed E-state index contributed by atoms with van der Waals surface area (Å²) in [6.45, 7) is 1.32. The molecule has 1 unspecified atom stereocenters. The number of amides is 1. The molecule has 2 aromatic heterocycles. The molecule has 0 aliphatic rings. The van der Waals surface area contributed by atoms with Gasteiger partial charge in [-0.15, -0.1) is 5.10 Å². The van der Waals surface area contributed by atoms with Crippen molar-refractivity contribution in [2.24, 2.45) is 0 Å². The number of aliphatic carboxylic acids is 1. The van der Waals surface area contributed by atoms with Crippen LogP contribution in [0, 0.1) is 0 Å². The number of alkyl halides is 3. The molecule has 0 aromatic carbocycles. The topological polar surface area (TPSA) is 101 Å². The third-order valence-corrected chi connectivity index (χ3v) is 3.28. The summed E-state index contributed by atoms with van der Waals surface area (Å²) >= 11 is 0. The SMILES string of the molecule is CC(C(=O)O)N(C)C(=O)c1cn(-c2ccc(C(F)(F)F)cn2)nn1. The number of rotatable bonds is 4. The number of hydrogen-bond acceptors (Lipinski definition) is 5. The van der Waals surface area contributed by atoms with Crippen LogP contribution in [0.2, 0.25) is 0 Å². The minimum absolute atomic E-state index is 0.0310. The van der Waals surface area contributed by atoms with Gasteiger partial charge in [0.05, 0.1) is 11.8 Å². The zero-order chi connectivity index (χ0) is 18.1.